The van der Waals surface area contributed by atoms with Gasteiger partial charge >= 0.3 is 0 Å². The molecule has 162 valence electrons. The first-order valence-electron chi connectivity index (χ1n) is 9.71. The first-order valence-corrected chi connectivity index (χ1v) is 13.1. The highest BCUT2D eigenvalue weighted by Crippen LogP contribution is 2.25. The summed E-state index contributed by atoms with van der Waals surface area (Å²) in [6.45, 7) is 0.539. The summed E-state index contributed by atoms with van der Waals surface area (Å²) in [6.07, 6.45) is 7.21. The number of rotatable bonds is 8. The van der Waals surface area contributed by atoms with Crippen LogP contribution >= 0.6 is 11.6 Å². The smallest absolute Gasteiger partial charge is 0.225 e. The number of nitrogens with zero attached hydrogens (tertiary/aromatic N) is 1. The van der Waals surface area contributed by atoms with Gasteiger partial charge in [0, 0.05) is 18.1 Å². The van der Waals surface area contributed by atoms with E-state index in [0.717, 1.165) is 24.8 Å². The van der Waals surface area contributed by atoms with Crippen LogP contribution in [0.25, 0.3) is 0 Å². The topological polar surface area (TPSA) is 97.5 Å². The minimum absolute atomic E-state index is 0.0292. The monoisotopic (exact) mass is 468 g/mol. The Labute approximate surface area is 183 Å². The molecule has 1 aliphatic rings. The van der Waals surface area contributed by atoms with E-state index in [4.69, 9.17) is 16.7 Å². The van der Waals surface area contributed by atoms with E-state index >= 15 is 0 Å². The molecule has 2 N–H and O–H groups in total. The fraction of sp³-hybridized carbons (Fsp3) is 0.333. The maximum Gasteiger partial charge on any atom is 0.243 e. The molecule has 0 saturated heterocycles. The number of sulfonamides is 2. The van der Waals surface area contributed by atoms with Crippen molar-refractivity contribution < 1.29 is 16.8 Å². The normalized spacial score (nSPS) is 15.2. The molecule has 0 bridgehead atoms. The van der Waals surface area contributed by atoms with E-state index in [1.165, 1.54) is 40.6 Å². The van der Waals surface area contributed by atoms with Crippen LogP contribution in [-0.2, 0) is 26.6 Å². The third kappa shape index (κ3) is 5.92. The zero-order valence-corrected chi connectivity index (χ0v) is 18.9. The van der Waals surface area contributed by atoms with Crippen LogP contribution in [0.5, 0.6) is 0 Å². The van der Waals surface area contributed by atoms with Crippen LogP contribution in [0.2, 0.25) is 5.02 Å². The molecule has 0 radical (unpaired) electrons. The van der Waals surface area contributed by atoms with E-state index in [-0.39, 0.29) is 16.3 Å². The Morgan fingerprint density at radius 2 is 1.53 bits per heavy atom. The van der Waals surface area contributed by atoms with E-state index in [1.54, 1.807) is 24.3 Å². The zero-order chi connectivity index (χ0) is 21.8. The van der Waals surface area contributed by atoms with Crippen LogP contribution in [0.1, 0.15) is 37.7 Å². The number of nitrogens with two attached hydrogens (primary N) is 1. The molecule has 0 unspecified atom stereocenters. The van der Waals surface area contributed by atoms with Crippen molar-refractivity contribution >= 4 is 31.6 Å². The van der Waals surface area contributed by atoms with Gasteiger partial charge in [0.2, 0.25) is 20.0 Å². The molecule has 30 heavy (non-hydrogen) atoms. The number of primary sulfonamides is 1. The maximum atomic E-state index is 13.3. The minimum Gasteiger partial charge on any atom is -0.225 e. The molecule has 0 amide bonds. The SMILES string of the molecule is NS(=O)(=O)c1ccc(S(=O)(=O)N(CCC2=CCCCC2)Cc2ccc(Cl)cc2)cc1. The molecule has 9 heteroatoms. The summed E-state index contributed by atoms with van der Waals surface area (Å²) >= 11 is 5.95. The van der Waals surface area contributed by atoms with E-state index in [2.05, 4.69) is 6.08 Å². The number of hydrogen-bond donors (Lipinski definition) is 1. The molecule has 0 heterocycles. The van der Waals surface area contributed by atoms with Crippen LogP contribution in [0.3, 0.4) is 0 Å². The third-order valence-electron chi connectivity index (χ3n) is 5.13. The summed E-state index contributed by atoms with van der Waals surface area (Å²) in [5, 5.41) is 5.70. The molecule has 6 nitrogen and oxygen atoms in total. The van der Waals surface area contributed by atoms with Gasteiger partial charge in [-0.3, -0.25) is 0 Å². The van der Waals surface area contributed by atoms with Crippen LogP contribution in [0.15, 0.2) is 70.0 Å². The van der Waals surface area contributed by atoms with Crippen molar-refractivity contribution in [1.82, 2.24) is 4.31 Å². The minimum atomic E-state index is -3.89. The molecule has 0 fully saturated rings. The summed E-state index contributed by atoms with van der Waals surface area (Å²) in [6, 6.07) is 12.1. The Hall–Kier alpha value is -1.71. The van der Waals surface area contributed by atoms with Gasteiger partial charge in [-0.1, -0.05) is 35.4 Å². The van der Waals surface area contributed by atoms with Gasteiger partial charge in [0.05, 0.1) is 9.79 Å². The molecule has 3 rings (SSSR count). The van der Waals surface area contributed by atoms with Gasteiger partial charge in [0.25, 0.3) is 0 Å². The summed E-state index contributed by atoms with van der Waals surface area (Å²) < 4.78 is 51.1. The molecular weight excluding hydrogens is 444 g/mol. The Morgan fingerprint density at radius 3 is 2.10 bits per heavy atom. The van der Waals surface area contributed by atoms with Crippen molar-refractivity contribution in [2.24, 2.45) is 5.14 Å². The number of benzene rings is 2. The Bertz CT molecular complexity index is 1110. The van der Waals surface area contributed by atoms with Gasteiger partial charge in [-0.05, 0) is 74.1 Å². The van der Waals surface area contributed by atoms with Gasteiger partial charge in [-0.2, -0.15) is 4.31 Å². The third-order valence-corrected chi connectivity index (χ3v) is 8.17. The van der Waals surface area contributed by atoms with E-state index < -0.39 is 20.0 Å². The highest BCUT2D eigenvalue weighted by atomic mass is 35.5. The van der Waals surface area contributed by atoms with Crippen molar-refractivity contribution in [3.63, 3.8) is 0 Å². The van der Waals surface area contributed by atoms with Crippen molar-refractivity contribution in [3.05, 3.63) is 70.8 Å². The van der Waals surface area contributed by atoms with Gasteiger partial charge in [0.1, 0.15) is 0 Å². The van der Waals surface area contributed by atoms with Gasteiger partial charge in [-0.25, -0.2) is 22.0 Å². The molecule has 0 spiro atoms. The highest BCUT2D eigenvalue weighted by Gasteiger charge is 2.25. The van der Waals surface area contributed by atoms with E-state index in [1.807, 2.05) is 0 Å². The van der Waals surface area contributed by atoms with Crippen LogP contribution in [0, 0.1) is 0 Å². The zero-order valence-electron chi connectivity index (χ0n) is 16.5. The predicted molar refractivity (Wildman–Crippen MR) is 118 cm³/mol. The molecule has 0 saturated carbocycles. The fourth-order valence-corrected chi connectivity index (χ4v) is 5.50. The predicted octanol–water partition coefficient (Wildman–Crippen LogP) is 4.07. The van der Waals surface area contributed by atoms with Crippen LogP contribution in [0.4, 0.5) is 0 Å². The standard InChI is InChI=1S/C21H25ClN2O4S2/c22-19-8-6-18(7-9-19)16-24(15-14-17-4-2-1-3-5-17)30(27,28)21-12-10-20(11-13-21)29(23,25)26/h4,6-13H,1-3,5,14-16H2,(H2,23,25,26). The van der Waals surface area contributed by atoms with Crippen molar-refractivity contribution in [2.45, 2.75) is 48.4 Å². The van der Waals surface area contributed by atoms with Crippen LogP contribution < -0.4 is 5.14 Å². The quantitative estimate of drug-likeness (QED) is 0.590. The number of hydrogen-bond acceptors (Lipinski definition) is 4. The van der Waals surface area contributed by atoms with E-state index in [0.29, 0.717) is 18.0 Å². The number of halogens is 1. The molecule has 2 aromatic carbocycles. The Balaban J connectivity index is 1.87. The summed E-state index contributed by atoms with van der Waals surface area (Å²) in [5.41, 5.74) is 2.10. The van der Waals surface area contributed by atoms with Crippen molar-refractivity contribution in [3.8, 4) is 0 Å². The lowest BCUT2D eigenvalue weighted by atomic mass is 9.97. The van der Waals surface area contributed by atoms with Crippen LogP contribution in [-0.4, -0.2) is 27.7 Å². The summed E-state index contributed by atoms with van der Waals surface area (Å²) in [5.74, 6) is 0. The second kappa shape index (κ2) is 9.62. The van der Waals surface area contributed by atoms with Gasteiger partial charge in [-0.15, -0.1) is 0 Å². The molecule has 2 aromatic rings. The lowest BCUT2D eigenvalue weighted by Gasteiger charge is -2.24. The lowest BCUT2D eigenvalue weighted by molar-refractivity contribution is 0.406. The molecule has 0 atom stereocenters. The second-order valence-electron chi connectivity index (χ2n) is 7.34. The number of allylic oxidation sites excluding steroid dienone is 1. The van der Waals surface area contributed by atoms with Gasteiger partial charge < -0.3 is 0 Å². The average molecular weight is 469 g/mol. The second-order valence-corrected chi connectivity index (χ2v) is 11.3. The van der Waals surface area contributed by atoms with Crippen molar-refractivity contribution in [2.75, 3.05) is 6.54 Å². The molecule has 0 aliphatic heterocycles. The van der Waals surface area contributed by atoms with E-state index in [9.17, 15) is 16.8 Å². The first-order chi connectivity index (χ1) is 14.2. The molecule has 0 aromatic heterocycles. The fourth-order valence-electron chi connectivity index (χ4n) is 3.43. The Kier molecular flexibility index (Phi) is 7.36. The Morgan fingerprint density at radius 1 is 0.900 bits per heavy atom. The highest BCUT2D eigenvalue weighted by molar-refractivity contribution is 7.89. The van der Waals surface area contributed by atoms with Gasteiger partial charge in [0.15, 0.2) is 0 Å². The molecule has 1 aliphatic carbocycles. The molecular formula is C21H25ClN2O4S2. The first kappa shape index (κ1) is 23.0. The van der Waals surface area contributed by atoms with Crippen molar-refractivity contribution in [1.29, 1.82) is 0 Å². The maximum absolute atomic E-state index is 13.3. The average Bonchev–Trinajstić information content (AvgIpc) is 2.72. The lowest BCUT2D eigenvalue weighted by Crippen LogP contribution is -2.32. The summed E-state index contributed by atoms with van der Waals surface area (Å²) in [7, 11) is -7.73. The summed E-state index contributed by atoms with van der Waals surface area (Å²) in [4.78, 5) is -0.0976. The largest absolute Gasteiger partial charge is 0.243 e.